The molecule has 0 aliphatic carbocycles. The molecule has 1 aromatic heterocycles. The van der Waals surface area contributed by atoms with Crippen LogP contribution in [0.3, 0.4) is 0 Å². The second kappa shape index (κ2) is 5.21. The predicted molar refractivity (Wildman–Crippen MR) is 75.6 cm³/mol. The first-order valence-corrected chi connectivity index (χ1v) is 6.56. The normalized spacial score (nSPS) is 11.2. The van der Waals surface area contributed by atoms with Crippen molar-refractivity contribution < 1.29 is 10.2 Å². The molecule has 2 aromatic rings. The largest absolute Gasteiger partial charge is 0.506 e. The van der Waals surface area contributed by atoms with E-state index in [2.05, 4.69) is 47.2 Å². The van der Waals surface area contributed by atoms with Crippen molar-refractivity contribution in [2.75, 3.05) is 0 Å². The minimum absolute atomic E-state index is 0.0791. The molecular weight excluding hydrogens is 388 g/mol. The molecule has 6 nitrogen and oxygen atoms in total. The Labute approximate surface area is 123 Å². The van der Waals surface area contributed by atoms with Crippen molar-refractivity contribution >= 4 is 50.3 Å². The van der Waals surface area contributed by atoms with E-state index in [-0.39, 0.29) is 16.0 Å². The highest BCUT2D eigenvalue weighted by Crippen LogP contribution is 2.40. The lowest BCUT2D eigenvalue weighted by Gasteiger charge is -2.05. The maximum Gasteiger partial charge on any atom is 0.216 e. The number of nitrogens with zero attached hydrogens (tertiary/aromatic N) is 3. The van der Waals surface area contributed by atoms with E-state index in [4.69, 9.17) is 12.2 Å². The highest BCUT2D eigenvalue weighted by Gasteiger charge is 2.12. The van der Waals surface area contributed by atoms with Crippen molar-refractivity contribution in [3.05, 3.63) is 31.7 Å². The van der Waals surface area contributed by atoms with Gasteiger partial charge in [0.15, 0.2) is 0 Å². The molecule has 0 saturated carbocycles. The summed E-state index contributed by atoms with van der Waals surface area (Å²) in [5, 5.41) is 29.7. The molecule has 0 fully saturated rings. The van der Waals surface area contributed by atoms with Crippen molar-refractivity contribution in [2.24, 2.45) is 5.10 Å². The molecule has 0 atom stereocenters. The molecule has 0 bridgehead atoms. The number of phenolic OH excluding ortho intramolecular Hbond substituents is 2. The number of aromatic hydroxyl groups is 2. The Balaban J connectivity index is 2.45. The van der Waals surface area contributed by atoms with Crippen LogP contribution in [-0.4, -0.2) is 31.3 Å². The minimum atomic E-state index is -0.116. The van der Waals surface area contributed by atoms with E-state index in [0.29, 0.717) is 14.8 Å². The molecule has 9 heteroatoms. The Kier molecular flexibility index (Phi) is 3.83. The molecule has 0 aliphatic heterocycles. The fourth-order valence-corrected chi connectivity index (χ4v) is 2.46. The van der Waals surface area contributed by atoms with Crippen LogP contribution in [0.25, 0.3) is 0 Å². The third-order valence-corrected chi connectivity index (χ3v) is 3.69. The van der Waals surface area contributed by atoms with Crippen LogP contribution in [0.1, 0.15) is 5.56 Å². The molecule has 2 rings (SSSR count). The summed E-state index contributed by atoms with van der Waals surface area (Å²) in [6.07, 6.45) is 2.80. The topological polar surface area (TPSA) is 86.4 Å². The van der Waals surface area contributed by atoms with Crippen molar-refractivity contribution in [3.63, 3.8) is 0 Å². The van der Waals surface area contributed by atoms with Gasteiger partial charge in [-0.3, -0.25) is 5.10 Å². The summed E-state index contributed by atoms with van der Waals surface area (Å²) in [5.41, 5.74) is 0.412. The van der Waals surface area contributed by atoms with Crippen LogP contribution < -0.4 is 0 Å². The van der Waals surface area contributed by atoms with Crippen LogP contribution in [-0.2, 0) is 0 Å². The summed E-state index contributed by atoms with van der Waals surface area (Å²) >= 11 is 11.2. The lowest BCUT2D eigenvalue weighted by Crippen LogP contribution is -1.91. The summed E-state index contributed by atoms with van der Waals surface area (Å²) in [6, 6.07) is 1.53. The van der Waals surface area contributed by atoms with Gasteiger partial charge in [-0.1, -0.05) is 0 Å². The van der Waals surface area contributed by atoms with Crippen LogP contribution in [0.4, 0.5) is 0 Å². The van der Waals surface area contributed by atoms with Gasteiger partial charge in [0.1, 0.15) is 22.3 Å². The number of nitrogens with one attached hydrogen (secondary N) is 1. The fourth-order valence-electron chi connectivity index (χ4n) is 1.16. The average Bonchev–Trinajstić information content (AvgIpc) is 2.75. The molecule has 0 spiro atoms. The maximum atomic E-state index is 9.82. The van der Waals surface area contributed by atoms with E-state index in [1.54, 1.807) is 0 Å². The molecule has 18 heavy (non-hydrogen) atoms. The third-order valence-electron chi connectivity index (χ3n) is 2.05. The van der Waals surface area contributed by atoms with E-state index in [1.165, 1.54) is 23.3 Å². The van der Waals surface area contributed by atoms with Crippen LogP contribution in [0, 0.1) is 4.77 Å². The zero-order valence-corrected chi connectivity index (χ0v) is 12.6. The van der Waals surface area contributed by atoms with Crippen molar-refractivity contribution in [1.82, 2.24) is 14.9 Å². The Morgan fingerprint density at radius 3 is 2.72 bits per heavy atom. The lowest BCUT2D eigenvalue weighted by atomic mass is 10.2. The van der Waals surface area contributed by atoms with Crippen LogP contribution in [0.5, 0.6) is 11.5 Å². The standard InChI is InChI=1S/C9H6Br2N4O2S/c10-5-1-4(7(16)6(11)8(5)17)2-13-15-3-12-14-9(15)18/h1-3,16-17H,(H,14,18)/b13-2+. The van der Waals surface area contributed by atoms with E-state index in [1.807, 2.05) is 0 Å². The van der Waals surface area contributed by atoms with Crippen LogP contribution >= 0.6 is 44.1 Å². The van der Waals surface area contributed by atoms with Crippen LogP contribution in [0.15, 0.2) is 26.4 Å². The number of aromatic amines is 1. The van der Waals surface area contributed by atoms with E-state index in [0.717, 1.165) is 0 Å². The molecule has 94 valence electrons. The summed E-state index contributed by atoms with van der Waals surface area (Å²) < 4.78 is 2.30. The molecule has 0 saturated heterocycles. The first-order chi connectivity index (χ1) is 8.50. The van der Waals surface area contributed by atoms with E-state index >= 15 is 0 Å². The summed E-state index contributed by atoms with van der Waals surface area (Å²) in [6.45, 7) is 0. The van der Waals surface area contributed by atoms with Crippen molar-refractivity contribution in [3.8, 4) is 11.5 Å². The van der Waals surface area contributed by atoms with Gasteiger partial charge in [0.05, 0.1) is 10.7 Å². The number of H-pyrrole nitrogens is 1. The zero-order chi connectivity index (χ0) is 13.3. The SMILES string of the molecule is Oc1c(Br)cc(/C=N/n2cn[nH]c2=S)c(O)c1Br. The lowest BCUT2D eigenvalue weighted by molar-refractivity contribution is 0.441. The molecular formula is C9H6Br2N4O2S. The molecule has 0 radical (unpaired) electrons. The molecule has 1 heterocycles. The second-order valence-electron chi connectivity index (χ2n) is 3.21. The Morgan fingerprint density at radius 1 is 1.39 bits per heavy atom. The second-order valence-corrected chi connectivity index (χ2v) is 5.24. The highest BCUT2D eigenvalue weighted by molar-refractivity contribution is 9.11. The third kappa shape index (κ3) is 2.47. The average molecular weight is 394 g/mol. The minimum Gasteiger partial charge on any atom is -0.506 e. The van der Waals surface area contributed by atoms with Gasteiger partial charge in [0.2, 0.25) is 4.77 Å². The van der Waals surface area contributed by atoms with Gasteiger partial charge in [-0.15, -0.1) is 0 Å². The van der Waals surface area contributed by atoms with Gasteiger partial charge < -0.3 is 10.2 Å². The first-order valence-electron chi connectivity index (χ1n) is 4.57. The summed E-state index contributed by atoms with van der Waals surface area (Å²) in [4.78, 5) is 0. The number of hydrogen-bond acceptors (Lipinski definition) is 5. The molecule has 0 amide bonds. The number of phenols is 2. The maximum absolute atomic E-state index is 9.82. The smallest absolute Gasteiger partial charge is 0.216 e. The monoisotopic (exact) mass is 392 g/mol. The zero-order valence-electron chi connectivity index (χ0n) is 8.63. The number of aromatic nitrogens is 3. The molecule has 1 aromatic carbocycles. The number of hydrogen-bond donors (Lipinski definition) is 3. The van der Waals surface area contributed by atoms with E-state index in [9.17, 15) is 10.2 Å². The fraction of sp³-hybridized carbons (Fsp3) is 0. The first kappa shape index (κ1) is 13.2. The molecule has 3 N–H and O–H groups in total. The Bertz CT molecular complexity index is 680. The van der Waals surface area contributed by atoms with Crippen molar-refractivity contribution in [2.45, 2.75) is 0 Å². The molecule has 0 aliphatic rings. The highest BCUT2D eigenvalue weighted by atomic mass is 79.9. The number of benzene rings is 1. The quantitative estimate of drug-likeness (QED) is 0.540. The Hall–Kier alpha value is -1.19. The van der Waals surface area contributed by atoms with Gasteiger partial charge in [0, 0.05) is 5.56 Å². The van der Waals surface area contributed by atoms with E-state index < -0.39 is 0 Å². The predicted octanol–water partition coefficient (Wildman–Crippen LogP) is 2.76. The number of halogens is 2. The van der Waals surface area contributed by atoms with Gasteiger partial charge in [-0.25, -0.2) is 0 Å². The van der Waals surface area contributed by atoms with Crippen LogP contribution in [0.2, 0.25) is 0 Å². The van der Waals surface area contributed by atoms with Gasteiger partial charge in [-0.2, -0.15) is 14.9 Å². The summed E-state index contributed by atoms with van der Waals surface area (Å²) in [5.74, 6) is -0.195. The summed E-state index contributed by atoms with van der Waals surface area (Å²) in [7, 11) is 0. The number of rotatable bonds is 2. The van der Waals surface area contributed by atoms with Crippen molar-refractivity contribution in [1.29, 1.82) is 0 Å². The Morgan fingerprint density at radius 2 is 2.11 bits per heavy atom. The van der Waals surface area contributed by atoms with Gasteiger partial charge in [-0.05, 0) is 50.1 Å². The van der Waals surface area contributed by atoms with Gasteiger partial charge in [0.25, 0.3) is 0 Å². The molecule has 0 unspecified atom stereocenters. The van der Waals surface area contributed by atoms with Gasteiger partial charge >= 0.3 is 0 Å².